The summed E-state index contributed by atoms with van der Waals surface area (Å²) in [6.07, 6.45) is 2.35. The van der Waals surface area contributed by atoms with Crippen LogP contribution < -0.4 is 0 Å². The van der Waals surface area contributed by atoms with E-state index in [0.29, 0.717) is 5.41 Å². The van der Waals surface area contributed by atoms with Crippen molar-refractivity contribution in [1.82, 2.24) is 0 Å². The first-order chi connectivity index (χ1) is 4.92. The highest BCUT2D eigenvalue weighted by Gasteiger charge is 2.08. The summed E-state index contributed by atoms with van der Waals surface area (Å²) in [7, 11) is 0. The quantitative estimate of drug-likeness (QED) is 0.612. The fourth-order valence-corrected chi connectivity index (χ4v) is 1.39. The summed E-state index contributed by atoms with van der Waals surface area (Å²) in [6.45, 7) is 8.31. The zero-order valence-corrected chi connectivity index (χ0v) is 8.75. The fraction of sp³-hybridized carbons (Fsp3) is 0.889. The number of rotatable bonds is 3. The van der Waals surface area contributed by atoms with Crippen molar-refractivity contribution in [1.29, 1.82) is 0 Å². The highest BCUT2D eigenvalue weighted by atomic mass is 32.2. The van der Waals surface area contributed by atoms with E-state index >= 15 is 0 Å². The minimum absolute atomic E-state index is 0.235. The summed E-state index contributed by atoms with van der Waals surface area (Å²) >= 11 is 1.43. The second-order valence-corrected chi connectivity index (χ2v) is 5.28. The molecule has 0 aliphatic carbocycles. The number of hydrogen-bond acceptors (Lipinski definition) is 2. The average Bonchev–Trinajstić information content (AvgIpc) is 1.78. The zero-order valence-electron chi connectivity index (χ0n) is 7.94. The minimum Gasteiger partial charge on any atom is -0.288 e. The van der Waals surface area contributed by atoms with Crippen molar-refractivity contribution in [3.63, 3.8) is 0 Å². The molecule has 1 nitrogen and oxygen atoms in total. The molecular formula is C9H18OS. The lowest BCUT2D eigenvalue weighted by Gasteiger charge is -2.16. The first kappa shape index (κ1) is 11.0. The molecule has 0 spiro atoms. The van der Waals surface area contributed by atoms with Crippen LogP contribution in [0.25, 0.3) is 0 Å². The van der Waals surface area contributed by atoms with E-state index in [0.717, 1.165) is 12.2 Å². The van der Waals surface area contributed by atoms with Crippen LogP contribution in [0.4, 0.5) is 0 Å². The van der Waals surface area contributed by atoms with Crippen molar-refractivity contribution in [2.45, 2.75) is 40.5 Å². The van der Waals surface area contributed by atoms with Crippen molar-refractivity contribution in [2.75, 3.05) is 5.75 Å². The van der Waals surface area contributed by atoms with Gasteiger partial charge in [0, 0.05) is 12.7 Å². The molecule has 0 heterocycles. The monoisotopic (exact) mass is 174 g/mol. The van der Waals surface area contributed by atoms with Crippen molar-refractivity contribution in [3.8, 4) is 0 Å². The maximum atomic E-state index is 10.5. The topological polar surface area (TPSA) is 17.1 Å². The van der Waals surface area contributed by atoms with Gasteiger partial charge in [-0.3, -0.25) is 4.79 Å². The molecule has 0 N–H and O–H groups in total. The Morgan fingerprint density at radius 1 is 1.36 bits per heavy atom. The third-order valence-corrected chi connectivity index (χ3v) is 2.28. The maximum absolute atomic E-state index is 10.5. The van der Waals surface area contributed by atoms with Crippen molar-refractivity contribution < 1.29 is 4.79 Å². The van der Waals surface area contributed by atoms with Gasteiger partial charge in [-0.15, -0.1) is 0 Å². The highest BCUT2D eigenvalue weighted by Crippen LogP contribution is 2.21. The Labute approximate surface area is 73.9 Å². The SMILES string of the molecule is CC(=O)SCCCC(C)(C)C. The standard InChI is InChI=1S/C9H18OS/c1-8(10)11-7-5-6-9(2,3)4/h5-7H2,1-4H3. The molecule has 0 amide bonds. The van der Waals surface area contributed by atoms with Gasteiger partial charge in [-0.25, -0.2) is 0 Å². The van der Waals surface area contributed by atoms with Crippen LogP contribution in [0.3, 0.4) is 0 Å². The molecule has 66 valence electrons. The number of carbonyl (C=O) groups excluding carboxylic acids is 1. The zero-order chi connectivity index (χ0) is 8.91. The largest absolute Gasteiger partial charge is 0.288 e. The third kappa shape index (κ3) is 10.0. The molecule has 0 fully saturated rings. The van der Waals surface area contributed by atoms with E-state index in [1.54, 1.807) is 6.92 Å². The smallest absolute Gasteiger partial charge is 0.185 e. The van der Waals surface area contributed by atoms with Crippen LogP contribution in [-0.2, 0) is 4.79 Å². The first-order valence-electron chi connectivity index (χ1n) is 4.05. The van der Waals surface area contributed by atoms with Gasteiger partial charge in [-0.1, -0.05) is 32.5 Å². The van der Waals surface area contributed by atoms with Gasteiger partial charge in [0.1, 0.15) is 0 Å². The van der Waals surface area contributed by atoms with Crippen LogP contribution in [0.5, 0.6) is 0 Å². The van der Waals surface area contributed by atoms with Gasteiger partial charge in [0.15, 0.2) is 5.12 Å². The Kier molecular flexibility index (Phi) is 4.82. The Bertz CT molecular complexity index is 124. The van der Waals surface area contributed by atoms with Gasteiger partial charge in [-0.05, 0) is 18.3 Å². The summed E-state index contributed by atoms with van der Waals surface area (Å²) < 4.78 is 0. The molecule has 0 aromatic rings. The molecule has 0 radical (unpaired) electrons. The number of thioether (sulfide) groups is 1. The molecule has 0 rings (SSSR count). The van der Waals surface area contributed by atoms with Crippen LogP contribution in [-0.4, -0.2) is 10.9 Å². The average molecular weight is 174 g/mol. The van der Waals surface area contributed by atoms with Gasteiger partial charge < -0.3 is 0 Å². The van der Waals surface area contributed by atoms with Crippen molar-refractivity contribution in [2.24, 2.45) is 5.41 Å². The Balaban J connectivity index is 3.22. The Hall–Kier alpha value is 0.0200. The molecule has 0 aliphatic heterocycles. The van der Waals surface area contributed by atoms with Crippen LogP contribution in [0.15, 0.2) is 0 Å². The van der Waals surface area contributed by atoms with Gasteiger partial charge in [-0.2, -0.15) is 0 Å². The van der Waals surface area contributed by atoms with Gasteiger partial charge in [0.2, 0.25) is 0 Å². The molecule has 11 heavy (non-hydrogen) atoms. The van der Waals surface area contributed by atoms with E-state index in [1.165, 1.54) is 18.2 Å². The Morgan fingerprint density at radius 3 is 2.27 bits per heavy atom. The van der Waals surface area contributed by atoms with E-state index in [4.69, 9.17) is 0 Å². The molecule has 0 bridgehead atoms. The number of carbonyl (C=O) groups is 1. The van der Waals surface area contributed by atoms with Gasteiger partial charge in [0.05, 0.1) is 0 Å². The summed E-state index contributed by atoms with van der Waals surface area (Å²) in [6, 6.07) is 0. The molecule has 0 saturated heterocycles. The molecule has 0 atom stereocenters. The van der Waals surface area contributed by atoms with Gasteiger partial charge in [0.25, 0.3) is 0 Å². The first-order valence-corrected chi connectivity index (χ1v) is 5.04. The normalized spacial score (nSPS) is 11.6. The molecular weight excluding hydrogens is 156 g/mol. The summed E-state index contributed by atoms with van der Waals surface area (Å²) in [4.78, 5) is 10.5. The molecule has 2 heteroatoms. The van der Waals surface area contributed by atoms with E-state index in [1.807, 2.05) is 0 Å². The van der Waals surface area contributed by atoms with Crippen LogP contribution >= 0.6 is 11.8 Å². The Morgan fingerprint density at radius 2 is 1.91 bits per heavy atom. The maximum Gasteiger partial charge on any atom is 0.185 e. The summed E-state index contributed by atoms with van der Waals surface area (Å²) in [5, 5.41) is 0.235. The molecule has 0 aromatic carbocycles. The molecule has 0 aliphatic rings. The van der Waals surface area contributed by atoms with E-state index in [2.05, 4.69) is 20.8 Å². The second-order valence-electron chi connectivity index (χ2n) is 4.00. The van der Waals surface area contributed by atoms with Crippen molar-refractivity contribution in [3.05, 3.63) is 0 Å². The van der Waals surface area contributed by atoms with E-state index in [9.17, 15) is 4.79 Å². The lowest BCUT2D eigenvalue weighted by molar-refractivity contribution is -0.109. The highest BCUT2D eigenvalue weighted by molar-refractivity contribution is 8.13. The number of hydrogen-bond donors (Lipinski definition) is 0. The van der Waals surface area contributed by atoms with E-state index in [-0.39, 0.29) is 5.12 Å². The van der Waals surface area contributed by atoms with Crippen molar-refractivity contribution >= 4 is 16.9 Å². The summed E-state index contributed by atoms with van der Waals surface area (Å²) in [5.41, 5.74) is 0.414. The van der Waals surface area contributed by atoms with Crippen LogP contribution in [0.2, 0.25) is 0 Å². The van der Waals surface area contributed by atoms with Crippen LogP contribution in [0.1, 0.15) is 40.5 Å². The minimum atomic E-state index is 0.235. The van der Waals surface area contributed by atoms with E-state index < -0.39 is 0 Å². The fourth-order valence-electron chi connectivity index (χ4n) is 0.818. The molecule has 0 saturated carbocycles. The summed E-state index contributed by atoms with van der Waals surface area (Å²) in [5.74, 6) is 0.979. The lowest BCUT2D eigenvalue weighted by Crippen LogP contribution is -2.05. The predicted octanol–water partition coefficient (Wildman–Crippen LogP) is 3.09. The molecule has 0 aromatic heterocycles. The lowest BCUT2D eigenvalue weighted by atomic mass is 9.91. The third-order valence-electron chi connectivity index (χ3n) is 1.38. The molecule has 0 unspecified atom stereocenters. The predicted molar refractivity (Wildman–Crippen MR) is 51.8 cm³/mol. The van der Waals surface area contributed by atoms with Crippen LogP contribution in [0, 0.1) is 5.41 Å². The second kappa shape index (κ2) is 4.81. The van der Waals surface area contributed by atoms with Gasteiger partial charge >= 0.3 is 0 Å².